The average Bonchev–Trinajstić information content (AvgIpc) is 2.96. The van der Waals surface area contributed by atoms with E-state index in [1.54, 1.807) is 10.6 Å². The Bertz CT molecular complexity index is 1020. The Kier molecular flexibility index (Phi) is 4.34. The van der Waals surface area contributed by atoms with Gasteiger partial charge in [-0.25, -0.2) is 4.79 Å². The zero-order valence-electron chi connectivity index (χ0n) is 14.6. The van der Waals surface area contributed by atoms with Crippen LogP contribution in [0.2, 0.25) is 0 Å². The molecular weight excluding hydrogens is 328 g/mol. The average molecular weight is 350 g/mol. The molecule has 1 aromatic heterocycles. The number of hydrogen-bond acceptors (Lipinski definition) is 3. The predicted molar refractivity (Wildman–Crippen MR) is 101 cm³/mol. The van der Waals surface area contributed by atoms with Crippen LogP contribution in [0, 0.1) is 0 Å². The highest BCUT2D eigenvalue weighted by atomic mass is 16.1. The first-order valence-electron chi connectivity index (χ1n) is 8.94. The maximum absolute atomic E-state index is 12.1. The lowest BCUT2D eigenvalue weighted by molar-refractivity contribution is 0.0998. The molecule has 6 nitrogen and oxygen atoms in total. The number of benzene rings is 2. The standard InChI is InChI=1S/C20H22N4O2/c21-19(25)16-6-3-5-14-13-23(12-9-15(14)16)10-4-11-24-18-8-2-1-7-17(18)22-20(24)26/h1-3,5-8H,4,9-13H2,(H2,21,25)(H,22,26). The van der Waals surface area contributed by atoms with Crippen molar-refractivity contribution < 1.29 is 4.79 Å². The van der Waals surface area contributed by atoms with E-state index in [1.165, 1.54) is 5.56 Å². The summed E-state index contributed by atoms with van der Waals surface area (Å²) in [5.74, 6) is -0.353. The van der Waals surface area contributed by atoms with E-state index in [4.69, 9.17) is 5.73 Å². The van der Waals surface area contributed by atoms with E-state index in [1.807, 2.05) is 30.3 Å². The number of aryl methyl sites for hydroxylation is 1. The number of H-pyrrole nitrogens is 1. The molecule has 0 saturated heterocycles. The first kappa shape index (κ1) is 16.6. The number of primary amides is 1. The molecule has 2 aromatic carbocycles. The lowest BCUT2D eigenvalue weighted by Gasteiger charge is -2.29. The second kappa shape index (κ2) is 6.80. The van der Waals surface area contributed by atoms with E-state index in [2.05, 4.69) is 16.0 Å². The van der Waals surface area contributed by atoms with Gasteiger partial charge >= 0.3 is 5.69 Å². The summed E-state index contributed by atoms with van der Waals surface area (Å²) in [6.07, 6.45) is 1.73. The van der Waals surface area contributed by atoms with E-state index in [0.29, 0.717) is 12.1 Å². The summed E-state index contributed by atoms with van der Waals surface area (Å²) in [7, 11) is 0. The summed E-state index contributed by atoms with van der Waals surface area (Å²) in [4.78, 5) is 29.0. The minimum atomic E-state index is -0.353. The number of imidazole rings is 1. The molecule has 0 saturated carbocycles. The molecule has 1 aliphatic heterocycles. The Hall–Kier alpha value is -2.86. The number of nitrogens with two attached hydrogens (primary N) is 1. The van der Waals surface area contributed by atoms with Gasteiger partial charge in [0.2, 0.25) is 5.91 Å². The first-order valence-corrected chi connectivity index (χ1v) is 8.94. The molecule has 2 heterocycles. The smallest absolute Gasteiger partial charge is 0.326 e. The van der Waals surface area contributed by atoms with Crippen LogP contribution in [0.3, 0.4) is 0 Å². The van der Waals surface area contributed by atoms with Crippen LogP contribution >= 0.6 is 0 Å². The van der Waals surface area contributed by atoms with Crippen LogP contribution in [-0.2, 0) is 19.5 Å². The highest BCUT2D eigenvalue weighted by Crippen LogP contribution is 2.22. The molecule has 1 amide bonds. The van der Waals surface area contributed by atoms with Gasteiger partial charge in [0.05, 0.1) is 11.0 Å². The van der Waals surface area contributed by atoms with Gasteiger partial charge in [0.1, 0.15) is 0 Å². The molecule has 6 heteroatoms. The summed E-state index contributed by atoms with van der Waals surface area (Å²) >= 11 is 0. The van der Waals surface area contributed by atoms with Crippen LogP contribution in [-0.4, -0.2) is 33.4 Å². The van der Waals surface area contributed by atoms with Gasteiger partial charge in [0, 0.05) is 31.7 Å². The first-order chi connectivity index (χ1) is 12.6. The normalized spacial score (nSPS) is 14.5. The molecule has 0 bridgehead atoms. The molecule has 0 fully saturated rings. The lowest BCUT2D eigenvalue weighted by Crippen LogP contribution is -2.33. The zero-order chi connectivity index (χ0) is 18.1. The fourth-order valence-corrected chi connectivity index (χ4v) is 3.87. The summed E-state index contributed by atoms with van der Waals surface area (Å²) in [5.41, 5.74) is 10.2. The highest BCUT2D eigenvalue weighted by molar-refractivity contribution is 5.94. The molecule has 0 atom stereocenters. The topological polar surface area (TPSA) is 84.1 Å². The second-order valence-corrected chi connectivity index (χ2v) is 6.79. The van der Waals surface area contributed by atoms with Crippen molar-refractivity contribution in [1.29, 1.82) is 0 Å². The van der Waals surface area contributed by atoms with Crippen molar-refractivity contribution in [2.75, 3.05) is 13.1 Å². The van der Waals surface area contributed by atoms with Gasteiger partial charge in [-0.3, -0.25) is 14.3 Å². The van der Waals surface area contributed by atoms with Crippen LogP contribution in [0.25, 0.3) is 11.0 Å². The van der Waals surface area contributed by atoms with E-state index < -0.39 is 0 Å². The number of hydrogen-bond donors (Lipinski definition) is 2. The van der Waals surface area contributed by atoms with E-state index in [-0.39, 0.29) is 11.6 Å². The molecule has 0 unspecified atom stereocenters. The number of rotatable bonds is 5. The fraction of sp³-hybridized carbons (Fsp3) is 0.300. The molecule has 134 valence electrons. The summed E-state index contributed by atoms with van der Waals surface area (Å²) in [6.45, 7) is 3.32. The number of nitrogens with zero attached hydrogens (tertiary/aromatic N) is 2. The number of aromatic nitrogens is 2. The lowest BCUT2D eigenvalue weighted by atomic mass is 9.94. The molecule has 0 aliphatic carbocycles. The maximum atomic E-state index is 12.1. The van der Waals surface area contributed by atoms with E-state index in [0.717, 1.165) is 49.1 Å². The van der Waals surface area contributed by atoms with Gasteiger partial charge in [-0.1, -0.05) is 24.3 Å². The second-order valence-electron chi connectivity index (χ2n) is 6.79. The number of para-hydroxylation sites is 2. The SMILES string of the molecule is NC(=O)c1cccc2c1CCN(CCCn1c(=O)[nH]c3ccccc31)C2. The summed E-state index contributed by atoms with van der Waals surface area (Å²) in [6, 6.07) is 13.5. The van der Waals surface area contributed by atoms with Gasteiger partial charge in [0.25, 0.3) is 0 Å². The van der Waals surface area contributed by atoms with Crippen molar-refractivity contribution in [1.82, 2.24) is 14.5 Å². The highest BCUT2D eigenvalue weighted by Gasteiger charge is 2.20. The molecule has 4 rings (SSSR count). The number of fused-ring (bicyclic) bond motifs is 2. The fourth-order valence-electron chi connectivity index (χ4n) is 3.87. The Labute approximate surface area is 151 Å². The minimum absolute atomic E-state index is 0.0544. The number of nitrogens with one attached hydrogen (secondary N) is 1. The number of aromatic amines is 1. The monoisotopic (exact) mass is 350 g/mol. The van der Waals surface area contributed by atoms with Crippen molar-refractivity contribution in [3.63, 3.8) is 0 Å². The minimum Gasteiger partial charge on any atom is -0.366 e. The summed E-state index contributed by atoms with van der Waals surface area (Å²) in [5, 5.41) is 0. The van der Waals surface area contributed by atoms with Crippen molar-refractivity contribution in [3.05, 3.63) is 69.6 Å². The quantitative estimate of drug-likeness (QED) is 0.737. The molecule has 3 aromatic rings. The van der Waals surface area contributed by atoms with E-state index in [9.17, 15) is 9.59 Å². The summed E-state index contributed by atoms with van der Waals surface area (Å²) < 4.78 is 1.80. The largest absolute Gasteiger partial charge is 0.366 e. The van der Waals surface area contributed by atoms with Crippen LogP contribution in [0.1, 0.15) is 27.9 Å². The number of carbonyl (C=O) groups is 1. The molecule has 1 aliphatic rings. The third-order valence-electron chi connectivity index (χ3n) is 5.15. The Morgan fingerprint density at radius 3 is 2.81 bits per heavy atom. The number of carbonyl (C=O) groups excluding carboxylic acids is 1. The van der Waals surface area contributed by atoms with Crippen molar-refractivity contribution in [2.45, 2.75) is 25.9 Å². The van der Waals surface area contributed by atoms with Crippen molar-refractivity contribution >= 4 is 16.9 Å². The Balaban J connectivity index is 1.42. The molecule has 3 N–H and O–H groups in total. The molecule has 0 spiro atoms. The Morgan fingerprint density at radius 2 is 1.96 bits per heavy atom. The van der Waals surface area contributed by atoms with Crippen molar-refractivity contribution in [3.8, 4) is 0 Å². The third-order valence-corrected chi connectivity index (χ3v) is 5.15. The third kappa shape index (κ3) is 3.04. The Morgan fingerprint density at radius 1 is 1.12 bits per heavy atom. The number of amides is 1. The molecular formula is C20H22N4O2. The van der Waals surface area contributed by atoms with Crippen molar-refractivity contribution in [2.24, 2.45) is 5.73 Å². The van der Waals surface area contributed by atoms with Gasteiger partial charge < -0.3 is 10.7 Å². The maximum Gasteiger partial charge on any atom is 0.326 e. The molecule has 26 heavy (non-hydrogen) atoms. The van der Waals surface area contributed by atoms with Crippen LogP contribution in [0.4, 0.5) is 0 Å². The van der Waals surface area contributed by atoms with Crippen LogP contribution < -0.4 is 11.4 Å². The van der Waals surface area contributed by atoms with Gasteiger partial charge in [0.15, 0.2) is 0 Å². The zero-order valence-corrected chi connectivity index (χ0v) is 14.6. The molecule has 0 radical (unpaired) electrons. The van der Waals surface area contributed by atoms with E-state index >= 15 is 0 Å². The van der Waals surface area contributed by atoms with Gasteiger partial charge in [-0.05, 0) is 42.2 Å². The van der Waals surface area contributed by atoms with Crippen LogP contribution in [0.5, 0.6) is 0 Å². The van der Waals surface area contributed by atoms with Gasteiger partial charge in [-0.2, -0.15) is 0 Å². The van der Waals surface area contributed by atoms with Gasteiger partial charge in [-0.15, -0.1) is 0 Å². The van der Waals surface area contributed by atoms with Crippen LogP contribution in [0.15, 0.2) is 47.3 Å². The predicted octanol–water partition coefficient (Wildman–Crippen LogP) is 1.88.